The average Bonchev–Trinajstić information content (AvgIpc) is 0.811. The summed E-state index contributed by atoms with van der Waals surface area (Å²) in [5.74, 6) is -0.0747. The van der Waals surface area contributed by atoms with Crippen molar-refractivity contribution >= 4 is 101 Å². The van der Waals surface area contributed by atoms with Crippen molar-refractivity contribution in [3.8, 4) is 0 Å². The number of aromatic nitrogens is 3. The Morgan fingerprint density at radius 1 is 0.604 bits per heavy atom. The number of halogens is 2. The molecule has 1 fully saturated rings. The van der Waals surface area contributed by atoms with Crippen LogP contribution in [0.4, 0.5) is 0 Å². The van der Waals surface area contributed by atoms with Gasteiger partial charge in [0.1, 0.15) is 41.9 Å². The SMILES string of the molecule is BrCc1ccc2ncccc2c1.CC.CC(C)C[C@H](N)C(=O)OC(C)(C)C.CC(C)C[C@H](NCc1ccc2ncccc2c1)C(=O)OC(C)(C)C.CNC(=O)[C@H](Cc1ccc2ccccc2c1)N1CC(=O)N(Cc2ccc3ncccc3c2)[C@@H](CC(C)C)C1=O.Cl. The Hall–Kier alpha value is -7.37. The summed E-state index contributed by atoms with van der Waals surface area (Å²) in [5.41, 5.74) is 12.0. The predicted octanol–water partition coefficient (Wildman–Crippen LogP) is 14.7. The molecule has 4 heterocycles. The topological polar surface area (TPSA) is 199 Å². The standard InChI is InChI=1S/C32H34N4O3.C20H28N2O2.C10H8BrN.C10H21NO2.C2H6.ClH/c1-21(2)15-29-32(39)36(20-30(37)35(29)19-23-11-13-27-26(17-23)9-6-14-34-27)28(31(38)33-3)18-22-10-12-24-7-4-5-8-25(24)16-22;1-14(2)11-18(19(23)24-20(3,4)5)22-13-15-8-9-17-16(12-15)7-6-10-21-17;11-7-8-3-4-10-9(6-8)2-1-5-12-10;1-7(2)6-8(11)9(12)13-10(3,4)5;1-2;/h4-14,16-17,21,28-29H,15,18-20H2,1-3H3,(H,33,38);6-10,12,14,18,22H,11,13H2,1-5H3;1-6H,7H2;7-8H,6,11H2,1-5H3;1-2H3;1H/t28-,29-;18-;;8-;;/m00.0../s1. The molecule has 4 N–H and O–H groups in total. The molecule has 0 aliphatic carbocycles. The lowest BCUT2D eigenvalue weighted by atomic mass is 9.95. The van der Waals surface area contributed by atoms with Crippen molar-refractivity contribution in [1.29, 1.82) is 0 Å². The van der Waals surface area contributed by atoms with E-state index in [1.807, 2.05) is 198 Å². The third-order valence-electron chi connectivity index (χ3n) is 14.3. The van der Waals surface area contributed by atoms with Gasteiger partial charge >= 0.3 is 11.9 Å². The molecule has 17 heteroatoms. The quantitative estimate of drug-likeness (QED) is 0.0543. The van der Waals surface area contributed by atoms with Gasteiger partial charge in [0.15, 0.2) is 0 Å². The van der Waals surface area contributed by atoms with Gasteiger partial charge in [-0.3, -0.25) is 38.9 Å². The van der Waals surface area contributed by atoms with Crippen LogP contribution in [-0.2, 0) is 58.3 Å². The van der Waals surface area contributed by atoms with E-state index in [1.54, 1.807) is 24.3 Å². The smallest absolute Gasteiger partial charge is 0.323 e. The predicted molar refractivity (Wildman–Crippen MR) is 377 cm³/mol. The van der Waals surface area contributed by atoms with Crippen LogP contribution < -0.4 is 16.4 Å². The number of rotatable bonds is 18. The van der Waals surface area contributed by atoms with E-state index in [9.17, 15) is 24.0 Å². The van der Waals surface area contributed by atoms with Crippen molar-refractivity contribution < 1.29 is 33.4 Å². The molecule has 3 amide bonds. The Kier molecular flexibility index (Phi) is 30.6. The number of fused-ring (bicyclic) bond motifs is 4. The second kappa shape index (κ2) is 36.6. The van der Waals surface area contributed by atoms with Gasteiger partial charge in [0.2, 0.25) is 17.7 Å². The first-order valence-electron chi connectivity index (χ1n) is 31.5. The first-order chi connectivity index (χ1) is 42.7. The first-order valence-corrected chi connectivity index (χ1v) is 32.6. The number of nitrogens with two attached hydrogens (primary N) is 1. The molecule has 0 spiro atoms. The van der Waals surface area contributed by atoms with Crippen LogP contribution in [0.15, 0.2) is 152 Å². The van der Waals surface area contributed by atoms with Gasteiger partial charge in [-0.1, -0.05) is 150 Å². The van der Waals surface area contributed by atoms with Gasteiger partial charge in [-0.25, -0.2) is 0 Å². The van der Waals surface area contributed by atoms with Crippen molar-refractivity contribution in [2.75, 3.05) is 13.6 Å². The summed E-state index contributed by atoms with van der Waals surface area (Å²) in [6, 6.07) is 42.2. The lowest BCUT2D eigenvalue weighted by Crippen LogP contribution is -2.64. The Morgan fingerprint density at radius 3 is 1.57 bits per heavy atom. The summed E-state index contributed by atoms with van der Waals surface area (Å²) in [6.07, 6.45) is 7.64. The molecule has 1 saturated heterocycles. The normalized spacial score (nSPS) is 14.2. The summed E-state index contributed by atoms with van der Waals surface area (Å²) in [7, 11) is 1.57. The maximum atomic E-state index is 14.0. The number of piperazine rings is 1. The fraction of sp³-hybridized carbons (Fsp3) is 0.432. The number of amides is 3. The van der Waals surface area contributed by atoms with Crippen LogP contribution in [0.3, 0.4) is 0 Å². The Morgan fingerprint density at radius 2 is 1.07 bits per heavy atom. The molecule has 15 nitrogen and oxygen atoms in total. The zero-order valence-corrected chi connectivity index (χ0v) is 58.5. The number of carbonyl (C=O) groups is 5. The van der Waals surface area contributed by atoms with Crippen molar-refractivity contribution in [3.05, 3.63) is 174 Å². The van der Waals surface area contributed by atoms with Crippen LogP contribution in [0, 0.1) is 17.8 Å². The number of alkyl halides is 1. The fourth-order valence-corrected chi connectivity index (χ4v) is 10.6. The second-order valence-corrected chi connectivity index (χ2v) is 26.3. The highest BCUT2D eigenvalue weighted by atomic mass is 79.9. The van der Waals surface area contributed by atoms with E-state index in [-0.39, 0.29) is 60.6 Å². The first kappa shape index (κ1) is 76.1. The van der Waals surface area contributed by atoms with Crippen LogP contribution in [0.5, 0.6) is 0 Å². The largest absolute Gasteiger partial charge is 0.459 e. The minimum Gasteiger partial charge on any atom is -0.459 e. The summed E-state index contributed by atoms with van der Waals surface area (Å²) < 4.78 is 10.7. The molecule has 8 aromatic rings. The Balaban J connectivity index is 0.000000288. The van der Waals surface area contributed by atoms with Crippen molar-refractivity contribution in [1.82, 2.24) is 35.4 Å². The molecule has 9 rings (SSSR count). The Labute approximate surface area is 555 Å². The molecule has 1 aliphatic rings. The number of pyridine rings is 3. The second-order valence-electron chi connectivity index (χ2n) is 25.7. The number of benzene rings is 5. The van der Waals surface area contributed by atoms with Crippen LogP contribution in [-0.4, -0.2) is 103 Å². The van der Waals surface area contributed by atoms with E-state index >= 15 is 0 Å². The van der Waals surface area contributed by atoms with Gasteiger partial charge < -0.3 is 35.6 Å². The molecule has 91 heavy (non-hydrogen) atoms. The number of ether oxygens (including phenoxy) is 2. The van der Waals surface area contributed by atoms with Crippen LogP contribution in [0.2, 0.25) is 0 Å². The molecule has 5 aromatic carbocycles. The van der Waals surface area contributed by atoms with Crippen LogP contribution in [0.25, 0.3) is 43.5 Å². The zero-order valence-electron chi connectivity index (χ0n) is 56.1. The summed E-state index contributed by atoms with van der Waals surface area (Å²) in [5, 5.41) is 12.5. The van der Waals surface area contributed by atoms with E-state index in [0.717, 1.165) is 66.5 Å². The number of nitrogens with one attached hydrogen (secondary N) is 2. The maximum absolute atomic E-state index is 14.0. The van der Waals surface area contributed by atoms with Gasteiger partial charge in [0, 0.05) is 66.6 Å². The summed E-state index contributed by atoms with van der Waals surface area (Å²) in [4.78, 5) is 80.7. The summed E-state index contributed by atoms with van der Waals surface area (Å²) >= 11 is 3.42. The minimum atomic E-state index is -0.781. The molecule has 3 aromatic heterocycles. The van der Waals surface area contributed by atoms with Crippen LogP contribution >= 0.6 is 28.3 Å². The van der Waals surface area contributed by atoms with Gasteiger partial charge in [-0.15, -0.1) is 12.4 Å². The molecule has 0 unspecified atom stereocenters. The van der Waals surface area contributed by atoms with Gasteiger partial charge in [0.25, 0.3) is 0 Å². The lowest BCUT2D eigenvalue weighted by Gasteiger charge is -2.43. The fourth-order valence-electron chi connectivity index (χ4n) is 10.2. The highest BCUT2D eigenvalue weighted by molar-refractivity contribution is 9.08. The zero-order chi connectivity index (χ0) is 66.3. The van der Waals surface area contributed by atoms with Gasteiger partial charge in [0.05, 0.1) is 16.6 Å². The van der Waals surface area contributed by atoms with Crippen LogP contribution in [0.1, 0.15) is 138 Å². The highest BCUT2D eigenvalue weighted by Gasteiger charge is 2.44. The molecule has 0 bridgehead atoms. The van der Waals surface area contributed by atoms with E-state index in [2.05, 4.69) is 79.6 Å². The number of hydrogen-bond acceptors (Lipinski definition) is 12. The monoisotopic (exact) mass is 1320 g/mol. The van der Waals surface area contributed by atoms with E-state index in [4.69, 9.17) is 15.2 Å². The van der Waals surface area contributed by atoms with Gasteiger partial charge in [-0.05, 0) is 166 Å². The average molecular weight is 1330 g/mol. The summed E-state index contributed by atoms with van der Waals surface area (Å²) in [6.45, 7) is 28.4. The molecule has 490 valence electrons. The molecule has 0 radical (unpaired) electrons. The number of likely N-dealkylation sites (N-methyl/N-ethyl adjacent to an activating group) is 1. The third-order valence-corrected chi connectivity index (χ3v) is 15.0. The Bertz CT molecular complexity index is 3620. The number of nitrogens with zero attached hydrogens (tertiary/aromatic N) is 5. The van der Waals surface area contributed by atoms with E-state index < -0.39 is 29.3 Å². The lowest BCUT2D eigenvalue weighted by molar-refractivity contribution is -0.161. The molecule has 0 saturated carbocycles. The molecular formula is C74H98BrClN8O7. The minimum absolute atomic E-state index is 0. The van der Waals surface area contributed by atoms with E-state index in [0.29, 0.717) is 44.2 Å². The van der Waals surface area contributed by atoms with E-state index in [1.165, 1.54) is 15.8 Å². The number of carbonyl (C=O) groups excluding carboxylic acids is 5. The number of hydrogen-bond donors (Lipinski definition) is 3. The molecule has 4 atom stereocenters. The molecule has 1 aliphatic heterocycles. The highest BCUT2D eigenvalue weighted by Crippen LogP contribution is 2.27. The molecular weight excluding hydrogens is 1230 g/mol. The van der Waals surface area contributed by atoms with Crippen molar-refractivity contribution in [2.45, 2.75) is 176 Å². The van der Waals surface area contributed by atoms with Gasteiger partial charge in [-0.2, -0.15) is 0 Å². The van der Waals surface area contributed by atoms with Crippen molar-refractivity contribution in [2.24, 2.45) is 23.5 Å². The number of esters is 2. The maximum Gasteiger partial charge on any atom is 0.323 e. The third kappa shape index (κ3) is 24.6. The van der Waals surface area contributed by atoms with Crippen molar-refractivity contribution in [3.63, 3.8) is 0 Å².